The van der Waals surface area contributed by atoms with Crippen molar-refractivity contribution in [2.75, 3.05) is 11.9 Å². The van der Waals surface area contributed by atoms with Crippen LogP contribution in [0.2, 0.25) is 5.02 Å². The molecule has 1 aromatic rings. The number of hydrogen-bond donors (Lipinski definition) is 2. The van der Waals surface area contributed by atoms with Crippen LogP contribution < -0.4 is 10.6 Å². The summed E-state index contributed by atoms with van der Waals surface area (Å²) < 4.78 is 35.5. The first-order chi connectivity index (χ1) is 7.78. The maximum absolute atomic E-state index is 11.8. The minimum absolute atomic E-state index is 0.261. The highest BCUT2D eigenvalue weighted by Gasteiger charge is 2.27. The van der Waals surface area contributed by atoms with Crippen LogP contribution in [0.3, 0.4) is 0 Å². The van der Waals surface area contributed by atoms with E-state index in [0.717, 1.165) is 5.56 Å². The molecule has 0 heterocycles. The molecule has 1 rings (SSSR count). The molecule has 3 nitrogen and oxygen atoms in total. The molecular weight excluding hydrogens is 257 g/mol. The second-order valence-corrected chi connectivity index (χ2v) is 3.81. The van der Waals surface area contributed by atoms with Crippen LogP contribution in [-0.2, 0) is 0 Å². The summed E-state index contributed by atoms with van der Waals surface area (Å²) in [4.78, 5) is 11.1. The summed E-state index contributed by atoms with van der Waals surface area (Å²) in [6.07, 6.45) is -4.44. The summed E-state index contributed by atoms with van der Waals surface area (Å²) in [5, 5.41) is 4.18. The maximum Gasteiger partial charge on any atom is 0.405 e. The molecule has 0 aromatic heterocycles. The smallest absolute Gasteiger partial charge is 0.329 e. The standard InChI is InChI=1S/C10H10ClF3N2O/c1-6-2-3-8(7(11)4-6)16-9(17)15-5-10(12,13)14/h2-4H,5H2,1H3,(H2,15,16,17). The molecule has 0 saturated carbocycles. The van der Waals surface area contributed by atoms with E-state index >= 15 is 0 Å². The van der Waals surface area contributed by atoms with Crippen LogP contribution in [0.4, 0.5) is 23.7 Å². The number of halogens is 4. The Morgan fingerprint density at radius 1 is 1.41 bits per heavy atom. The van der Waals surface area contributed by atoms with E-state index < -0.39 is 18.8 Å². The van der Waals surface area contributed by atoms with Crippen LogP contribution in [0.25, 0.3) is 0 Å². The van der Waals surface area contributed by atoms with Crippen LogP contribution in [0.1, 0.15) is 5.56 Å². The first-order valence-electron chi connectivity index (χ1n) is 4.66. The third-order valence-corrected chi connectivity index (χ3v) is 2.13. The molecule has 0 saturated heterocycles. The van der Waals surface area contributed by atoms with Gasteiger partial charge in [0.05, 0.1) is 10.7 Å². The molecule has 2 N–H and O–H groups in total. The summed E-state index contributed by atoms with van der Waals surface area (Å²) in [5.41, 5.74) is 1.15. The predicted molar refractivity (Wildman–Crippen MR) is 59.3 cm³/mol. The fourth-order valence-electron chi connectivity index (χ4n) is 1.07. The zero-order chi connectivity index (χ0) is 13.1. The van der Waals surface area contributed by atoms with Crippen molar-refractivity contribution in [3.8, 4) is 0 Å². The molecule has 0 fully saturated rings. The molecule has 17 heavy (non-hydrogen) atoms. The number of carbonyl (C=O) groups excluding carboxylic acids is 1. The lowest BCUT2D eigenvalue weighted by Crippen LogP contribution is -2.36. The number of carbonyl (C=O) groups is 1. The van der Waals surface area contributed by atoms with Gasteiger partial charge in [0.2, 0.25) is 0 Å². The van der Waals surface area contributed by atoms with Gasteiger partial charge in [-0.25, -0.2) is 4.79 Å². The number of urea groups is 1. The van der Waals surface area contributed by atoms with E-state index in [9.17, 15) is 18.0 Å². The molecular formula is C10H10ClF3N2O. The van der Waals surface area contributed by atoms with Crippen molar-refractivity contribution in [3.63, 3.8) is 0 Å². The Kier molecular flexibility index (Phi) is 4.22. The zero-order valence-corrected chi connectivity index (χ0v) is 9.62. The monoisotopic (exact) mass is 266 g/mol. The summed E-state index contributed by atoms with van der Waals surface area (Å²) in [6, 6.07) is 3.85. The minimum atomic E-state index is -4.44. The first kappa shape index (κ1) is 13.6. The van der Waals surface area contributed by atoms with E-state index in [-0.39, 0.29) is 10.7 Å². The summed E-state index contributed by atoms with van der Waals surface area (Å²) in [7, 11) is 0. The van der Waals surface area contributed by atoms with Gasteiger partial charge in [0, 0.05) is 0 Å². The lowest BCUT2D eigenvalue weighted by atomic mass is 10.2. The highest BCUT2D eigenvalue weighted by atomic mass is 35.5. The summed E-state index contributed by atoms with van der Waals surface area (Å²) >= 11 is 5.80. The molecule has 0 unspecified atom stereocenters. The SMILES string of the molecule is Cc1ccc(NC(=O)NCC(F)(F)F)c(Cl)c1. The van der Waals surface area contributed by atoms with E-state index in [0.29, 0.717) is 0 Å². The number of amides is 2. The lowest BCUT2D eigenvalue weighted by molar-refractivity contribution is -0.122. The zero-order valence-electron chi connectivity index (χ0n) is 8.86. The molecule has 0 spiro atoms. The first-order valence-corrected chi connectivity index (χ1v) is 5.03. The lowest BCUT2D eigenvalue weighted by Gasteiger charge is -2.11. The number of hydrogen-bond acceptors (Lipinski definition) is 1. The Labute approximate surface area is 101 Å². The molecule has 0 atom stereocenters. The van der Waals surface area contributed by atoms with Crippen molar-refractivity contribution < 1.29 is 18.0 Å². The molecule has 0 aliphatic carbocycles. The van der Waals surface area contributed by atoms with Crippen molar-refractivity contribution in [2.24, 2.45) is 0 Å². The van der Waals surface area contributed by atoms with Crippen molar-refractivity contribution in [1.82, 2.24) is 5.32 Å². The number of anilines is 1. The number of nitrogens with one attached hydrogen (secondary N) is 2. The van der Waals surface area contributed by atoms with Gasteiger partial charge in [-0.15, -0.1) is 0 Å². The van der Waals surface area contributed by atoms with Gasteiger partial charge < -0.3 is 10.6 Å². The molecule has 2 amide bonds. The molecule has 7 heteroatoms. The van der Waals surface area contributed by atoms with Gasteiger partial charge in [0.1, 0.15) is 6.54 Å². The Morgan fingerprint density at radius 3 is 2.59 bits per heavy atom. The van der Waals surface area contributed by atoms with Crippen molar-refractivity contribution in [2.45, 2.75) is 13.1 Å². The predicted octanol–water partition coefficient (Wildman–Crippen LogP) is 3.33. The number of benzene rings is 1. The van der Waals surface area contributed by atoms with E-state index in [1.54, 1.807) is 24.4 Å². The largest absolute Gasteiger partial charge is 0.405 e. The quantitative estimate of drug-likeness (QED) is 0.847. The van der Waals surface area contributed by atoms with Crippen molar-refractivity contribution in [3.05, 3.63) is 28.8 Å². The number of aryl methyl sites for hydroxylation is 1. The fourth-order valence-corrected chi connectivity index (χ4v) is 1.35. The fraction of sp³-hybridized carbons (Fsp3) is 0.300. The molecule has 0 bridgehead atoms. The van der Waals surface area contributed by atoms with Gasteiger partial charge in [-0.2, -0.15) is 13.2 Å². The van der Waals surface area contributed by atoms with Gasteiger partial charge in [-0.05, 0) is 24.6 Å². The van der Waals surface area contributed by atoms with Crippen LogP contribution in [0.15, 0.2) is 18.2 Å². The summed E-state index contributed by atoms with van der Waals surface area (Å²) in [6.45, 7) is 0.418. The van der Waals surface area contributed by atoms with Crippen LogP contribution in [0.5, 0.6) is 0 Å². The van der Waals surface area contributed by atoms with E-state index in [2.05, 4.69) is 5.32 Å². The van der Waals surface area contributed by atoms with Crippen molar-refractivity contribution in [1.29, 1.82) is 0 Å². The van der Waals surface area contributed by atoms with Gasteiger partial charge >= 0.3 is 12.2 Å². The van der Waals surface area contributed by atoms with Crippen LogP contribution >= 0.6 is 11.6 Å². The van der Waals surface area contributed by atoms with E-state index in [1.165, 1.54) is 6.07 Å². The highest BCUT2D eigenvalue weighted by Crippen LogP contribution is 2.22. The molecule has 94 valence electrons. The number of alkyl halides is 3. The van der Waals surface area contributed by atoms with Crippen molar-refractivity contribution >= 4 is 23.3 Å². The second kappa shape index (κ2) is 5.27. The van der Waals surface area contributed by atoms with Gasteiger partial charge in [-0.3, -0.25) is 0 Å². The molecule has 0 aliphatic rings. The normalized spacial score (nSPS) is 11.1. The Bertz CT molecular complexity index is 421. The minimum Gasteiger partial charge on any atom is -0.329 e. The third kappa shape index (κ3) is 4.95. The maximum atomic E-state index is 11.8. The van der Waals surface area contributed by atoms with Crippen LogP contribution in [0, 0.1) is 6.92 Å². The Balaban J connectivity index is 2.57. The molecule has 0 aliphatic heterocycles. The molecule has 0 radical (unpaired) electrons. The summed E-state index contributed by atoms with van der Waals surface area (Å²) in [5.74, 6) is 0. The van der Waals surface area contributed by atoms with Gasteiger partial charge in [-0.1, -0.05) is 17.7 Å². The van der Waals surface area contributed by atoms with E-state index in [1.807, 2.05) is 0 Å². The Morgan fingerprint density at radius 2 is 2.06 bits per heavy atom. The van der Waals surface area contributed by atoms with Gasteiger partial charge in [0.15, 0.2) is 0 Å². The van der Waals surface area contributed by atoms with Gasteiger partial charge in [0.25, 0.3) is 0 Å². The van der Waals surface area contributed by atoms with Crippen LogP contribution in [-0.4, -0.2) is 18.8 Å². The third-order valence-electron chi connectivity index (χ3n) is 1.82. The number of rotatable bonds is 2. The average Bonchev–Trinajstić information content (AvgIpc) is 2.18. The topological polar surface area (TPSA) is 41.1 Å². The highest BCUT2D eigenvalue weighted by molar-refractivity contribution is 6.33. The van der Waals surface area contributed by atoms with E-state index in [4.69, 9.17) is 11.6 Å². The second-order valence-electron chi connectivity index (χ2n) is 3.41. The Hall–Kier alpha value is -1.43. The average molecular weight is 267 g/mol. The molecule has 1 aromatic carbocycles.